The first-order valence-electron chi connectivity index (χ1n) is 6.92. The number of amides is 1. The summed E-state index contributed by atoms with van der Waals surface area (Å²) >= 11 is 0. The molecule has 0 spiro atoms. The van der Waals surface area contributed by atoms with Crippen molar-refractivity contribution in [1.82, 2.24) is 14.9 Å². The second-order valence-corrected chi connectivity index (χ2v) is 5.44. The van der Waals surface area contributed by atoms with Gasteiger partial charge in [0.2, 0.25) is 0 Å². The molecule has 1 N–H and O–H groups in total. The van der Waals surface area contributed by atoms with Crippen molar-refractivity contribution in [3.8, 4) is 0 Å². The highest BCUT2D eigenvalue weighted by Crippen LogP contribution is 2.08. The second kappa shape index (κ2) is 6.37. The van der Waals surface area contributed by atoms with Gasteiger partial charge in [0.05, 0.1) is 6.33 Å². The van der Waals surface area contributed by atoms with Crippen LogP contribution >= 0.6 is 0 Å². The SMILES string of the molecule is CC(C)[C@H](C)NC(=O)c1ccc(Cn2ccnc2)cc1. The van der Waals surface area contributed by atoms with Crippen LogP contribution in [0, 0.1) is 5.92 Å². The summed E-state index contributed by atoms with van der Waals surface area (Å²) in [6.45, 7) is 6.98. The van der Waals surface area contributed by atoms with E-state index in [1.54, 1.807) is 12.5 Å². The topological polar surface area (TPSA) is 46.9 Å². The van der Waals surface area contributed by atoms with Gasteiger partial charge in [0, 0.05) is 30.5 Å². The van der Waals surface area contributed by atoms with Gasteiger partial charge in [-0.2, -0.15) is 0 Å². The maximum absolute atomic E-state index is 12.1. The Balaban J connectivity index is 1.99. The van der Waals surface area contributed by atoms with Crippen molar-refractivity contribution < 1.29 is 4.79 Å². The predicted octanol–water partition coefficient (Wildman–Crippen LogP) is 2.71. The van der Waals surface area contributed by atoms with E-state index in [2.05, 4.69) is 24.1 Å². The number of nitrogens with zero attached hydrogens (tertiary/aromatic N) is 2. The molecule has 2 rings (SSSR count). The smallest absolute Gasteiger partial charge is 0.251 e. The molecule has 20 heavy (non-hydrogen) atoms. The third-order valence-corrected chi connectivity index (χ3v) is 3.50. The van der Waals surface area contributed by atoms with Crippen molar-refractivity contribution in [3.63, 3.8) is 0 Å². The molecule has 0 bridgehead atoms. The van der Waals surface area contributed by atoms with Crippen LogP contribution in [0.2, 0.25) is 0 Å². The second-order valence-electron chi connectivity index (χ2n) is 5.44. The van der Waals surface area contributed by atoms with Gasteiger partial charge < -0.3 is 9.88 Å². The number of benzene rings is 1. The van der Waals surface area contributed by atoms with E-state index >= 15 is 0 Å². The molecule has 0 radical (unpaired) electrons. The zero-order chi connectivity index (χ0) is 14.5. The molecular weight excluding hydrogens is 250 g/mol. The highest BCUT2D eigenvalue weighted by molar-refractivity contribution is 5.94. The highest BCUT2D eigenvalue weighted by Gasteiger charge is 2.12. The maximum Gasteiger partial charge on any atom is 0.251 e. The van der Waals surface area contributed by atoms with E-state index < -0.39 is 0 Å². The van der Waals surface area contributed by atoms with E-state index in [4.69, 9.17) is 0 Å². The Hall–Kier alpha value is -2.10. The van der Waals surface area contributed by atoms with Crippen LogP contribution in [0.5, 0.6) is 0 Å². The Morgan fingerprint density at radius 1 is 1.25 bits per heavy atom. The quantitative estimate of drug-likeness (QED) is 0.909. The lowest BCUT2D eigenvalue weighted by Gasteiger charge is -2.17. The van der Waals surface area contributed by atoms with Crippen molar-refractivity contribution in [2.75, 3.05) is 0 Å². The zero-order valence-electron chi connectivity index (χ0n) is 12.2. The van der Waals surface area contributed by atoms with Gasteiger partial charge in [0.15, 0.2) is 0 Å². The molecule has 0 aliphatic heterocycles. The molecule has 4 heteroatoms. The molecule has 1 aromatic heterocycles. The molecule has 0 saturated heterocycles. The van der Waals surface area contributed by atoms with E-state index in [0.717, 1.165) is 12.1 Å². The normalized spacial score (nSPS) is 12.4. The van der Waals surface area contributed by atoms with E-state index in [-0.39, 0.29) is 11.9 Å². The summed E-state index contributed by atoms with van der Waals surface area (Å²) in [5.41, 5.74) is 1.85. The van der Waals surface area contributed by atoms with Crippen molar-refractivity contribution in [3.05, 3.63) is 54.1 Å². The van der Waals surface area contributed by atoms with Gasteiger partial charge in [0.25, 0.3) is 5.91 Å². The summed E-state index contributed by atoms with van der Waals surface area (Å²) in [4.78, 5) is 16.1. The van der Waals surface area contributed by atoms with Crippen LogP contribution < -0.4 is 5.32 Å². The van der Waals surface area contributed by atoms with Crippen LogP contribution in [0.25, 0.3) is 0 Å². The van der Waals surface area contributed by atoms with E-state index in [1.165, 1.54) is 0 Å². The molecule has 4 nitrogen and oxygen atoms in total. The van der Waals surface area contributed by atoms with Crippen LogP contribution in [-0.2, 0) is 6.54 Å². The number of nitrogens with one attached hydrogen (secondary N) is 1. The molecule has 1 heterocycles. The van der Waals surface area contributed by atoms with Gasteiger partial charge in [-0.3, -0.25) is 4.79 Å². The molecule has 0 aliphatic rings. The van der Waals surface area contributed by atoms with E-state index in [9.17, 15) is 4.79 Å². The minimum atomic E-state index is -0.0135. The molecule has 1 atom stereocenters. The molecule has 106 valence electrons. The van der Waals surface area contributed by atoms with Gasteiger partial charge >= 0.3 is 0 Å². The molecule has 0 unspecified atom stereocenters. The Bertz CT molecular complexity index is 544. The van der Waals surface area contributed by atoms with Crippen LogP contribution in [0.3, 0.4) is 0 Å². The van der Waals surface area contributed by atoms with Crippen LogP contribution in [0.15, 0.2) is 43.0 Å². The lowest BCUT2D eigenvalue weighted by atomic mass is 10.1. The molecule has 0 fully saturated rings. The summed E-state index contributed by atoms with van der Waals surface area (Å²) in [6.07, 6.45) is 5.46. The number of carbonyl (C=O) groups is 1. The highest BCUT2D eigenvalue weighted by atomic mass is 16.1. The maximum atomic E-state index is 12.1. The molecule has 0 aliphatic carbocycles. The lowest BCUT2D eigenvalue weighted by molar-refractivity contribution is 0.0930. The number of hydrogen-bond donors (Lipinski definition) is 1. The Morgan fingerprint density at radius 3 is 2.50 bits per heavy atom. The van der Waals surface area contributed by atoms with Crippen molar-refractivity contribution in [2.24, 2.45) is 5.92 Å². The molecule has 2 aromatic rings. The van der Waals surface area contributed by atoms with Gasteiger partial charge in [0.1, 0.15) is 0 Å². The monoisotopic (exact) mass is 271 g/mol. The lowest BCUT2D eigenvalue weighted by Crippen LogP contribution is -2.36. The van der Waals surface area contributed by atoms with Crippen LogP contribution in [-0.4, -0.2) is 21.5 Å². The van der Waals surface area contributed by atoms with Crippen molar-refractivity contribution in [2.45, 2.75) is 33.4 Å². The average molecular weight is 271 g/mol. The first-order valence-corrected chi connectivity index (χ1v) is 6.92. The summed E-state index contributed by atoms with van der Waals surface area (Å²) in [6, 6.07) is 7.88. The minimum absolute atomic E-state index is 0.0135. The van der Waals surface area contributed by atoms with Gasteiger partial charge in [-0.05, 0) is 30.5 Å². The number of imidazole rings is 1. The third kappa shape index (κ3) is 3.70. The summed E-state index contributed by atoms with van der Waals surface area (Å²) in [5.74, 6) is 0.417. The van der Waals surface area contributed by atoms with Crippen molar-refractivity contribution >= 4 is 5.91 Å². The van der Waals surface area contributed by atoms with Gasteiger partial charge in [-0.15, -0.1) is 0 Å². The zero-order valence-corrected chi connectivity index (χ0v) is 12.2. The summed E-state index contributed by atoms with van der Waals surface area (Å²) in [5, 5.41) is 3.01. The number of carbonyl (C=O) groups excluding carboxylic acids is 1. The van der Waals surface area contributed by atoms with E-state index in [0.29, 0.717) is 11.5 Å². The first-order chi connectivity index (χ1) is 9.56. The van der Waals surface area contributed by atoms with Gasteiger partial charge in [-0.25, -0.2) is 4.98 Å². The minimum Gasteiger partial charge on any atom is -0.349 e. The fourth-order valence-corrected chi connectivity index (χ4v) is 1.81. The number of rotatable bonds is 5. The average Bonchev–Trinajstić information content (AvgIpc) is 2.92. The number of aromatic nitrogens is 2. The first kappa shape index (κ1) is 14.3. The Labute approximate surface area is 119 Å². The van der Waals surface area contributed by atoms with Crippen LogP contribution in [0.1, 0.15) is 36.7 Å². The Morgan fingerprint density at radius 2 is 1.95 bits per heavy atom. The molecule has 0 saturated carbocycles. The molecule has 1 amide bonds. The fraction of sp³-hybridized carbons (Fsp3) is 0.375. The number of hydrogen-bond acceptors (Lipinski definition) is 2. The van der Waals surface area contributed by atoms with Crippen LogP contribution in [0.4, 0.5) is 0 Å². The molecule has 1 aromatic carbocycles. The van der Waals surface area contributed by atoms with E-state index in [1.807, 2.05) is 42.0 Å². The molecular formula is C16H21N3O. The summed E-state index contributed by atoms with van der Waals surface area (Å²) in [7, 11) is 0. The summed E-state index contributed by atoms with van der Waals surface area (Å²) < 4.78 is 2.00. The van der Waals surface area contributed by atoms with Crippen molar-refractivity contribution in [1.29, 1.82) is 0 Å². The fourth-order valence-electron chi connectivity index (χ4n) is 1.81. The Kier molecular flexibility index (Phi) is 4.56. The third-order valence-electron chi connectivity index (χ3n) is 3.50. The largest absolute Gasteiger partial charge is 0.349 e. The standard InChI is InChI=1S/C16H21N3O/c1-12(2)13(3)18-16(20)15-6-4-14(5-7-15)10-19-9-8-17-11-19/h4-9,11-13H,10H2,1-3H3,(H,18,20)/t13-/m0/s1. The van der Waals surface area contributed by atoms with Gasteiger partial charge in [-0.1, -0.05) is 26.0 Å². The predicted molar refractivity (Wildman–Crippen MR) is 79.5 cm³/mol.